The van der Waals surface area contributed by atoms with Gasteiger partial charge in [0.15, 0.2) is 0 Å². The fourth-order valence-electron chi connectivity index (χ4n) is 1.82. The molecule has 6 heteroatoms. The Morgan fingerprint density at radius 3 is 2.67 bits per heavy atom. The van der Waals surface area contributed by atoms with E-state index in [0.29, 0.717) is 0 Å². The maximum atomic E-state index is 4.32. The minimum absolute atomic E-state index is 0.752. The highest BCUT2D eigenvalue weighted by Gasteiger charge is 2.08. The van der Waals surface area contributed by atoms with Crippen LogP contribution in [0, 0.1) is 13.8 Å². The van der Waals surface area contributed by atoms with E-state index >= 15 is 0 Å². The lowest BCUT2D eigenvalue weighted by molar-refractivity contribution is 0.828. The van der Waals surface area contributed by atoms with Crippen LogP contribution >= 0.6 is 0 Å². The molecule has 3 heterocycles. The zero-order chi connectivity index (χ0) is 12.5. The second kappa shape index (κ2) is 4.06. The Morgan fingerprint density at radius 1 is 1.11 bits per heavy atom. The van der Waals surface area contributed by atoms with Gasteiger partial charge in [0.05, 0.1) is 24.3 Å². The molecule has 18 heavy (non-hydrogen) atoms. The highest BCUT2D eigenvalue weighted by molar-refractivity contribution is 5.33. The Morgan fingerprint density at radius 2 is 2.00 bits per heavy atom. The van der Waals surface area contributed by atoms with Crippen molar-refractivity contribution in [3.05, 3.63) is 48.6 Å². The van der Waals surface area contributed by atoms with E-state index in [4.69, 9.17) is 0 Å². The van der Waals surface area contributed by atoms with Crippen LogP contribution in [0.25, 0.3) is 11.4 Å². The highest BCUT2D eigenvalue weighted by atomic mass is 15.4. The first-order valence-electron chi connectivity index (χ1n) is 5.60. The molecule has 0 saturated heterocycles. The van der Waals surface area contributed by atoms with Gasteiger partial charge in [0.2, 0.25) is 0 Å². The minimum Gasteiger partial charge on any atom is -0.262 e. The summed E-state index contributed by atoms with van der Waals surface area (Å²) in [5.74, 6) is 1.60. The summed E-state index contributed by atoms with van der Waals surface area (Å²) in [7, 11) is 0. The van der Waals surface area contributed by atoms with Crippen LogP contribution in [0.2, 0.25) is 0 Å². The first-order chi connectivity index (χ1) is 8.74. The van der Waals surface area contributed by atoms with Gasteiger partial charge < -0.3 is 0 Å². The largest absolute Gasteiger partial charge is 0.262 e. The Kier molecular flexibility index (Phi) is 2.40. The molecule has 0 aliphatic carbocycles. The molecule has 0 aliphatic rings. The predicted octanol–water partition coefficient (Wildman–Crippen LogP) is 1.46. The quantitative estimate of drug-likeness (QED) is 0.680. The lowest BCUT2D eigenvalue weighted by Gasteiger charge is -1.99. The van der Waals surface area contributed by atoms with Crippen molar-refractivity contribution in [1.82, 2.24) is 29.5 Å². The second-order valence-corrected chi connectivity index (χ2v) is 3.97. The molecule has 0 fully saturated rings. The van der Waals surface area contributed by atoms with Crippen LogP contribution in [-0.4, -0.2) is 29.5 Å². The van der Waals surface area contributed by atoms with Crippen LogP contribution in [0.1, 0.15) is 11.6 Å². The lowest BCUT2D eigenvalue weighted by atomic mass is 10.4. The summed E-state index contributed by atoms with van der Waals surface area (Å²) in [5.41, 5.74) is 1.80. The fourth-order valence-corrected chi connectivity index (χ4v) is 1.82. The average Bonchev–Trinajstić information content (AvgIpc) is 2.97. The minimum atomic E-state index is 0.752. The molecule has 0 unspecified atom stereocenters. The first-order valence-corrected chi connectivity index (χ1v) is 5.60. The molecule has 0 atom stereocenters. The number of nitrogens with zero attached hydrogens (tertiary/aromatic N) is 6. The molecule has 0 radical (unpaired) electrons. The van der Waals surface area contributed by atoms with Gasteiger partial charge in [-0.3, -0.25) is 4.98 Å². The van der Waals surface area contributed by atoms with Crippen LogP contribution in [0.4, 0.5) is 0 Å². The van der Waals surface area contributed by atoms with E-state index in [0.717, 1.165) is 23.0 Å². The SMILES string of the molecule is Cc1nc(C)n(-c2cnn(-c3cccnc3)c2)n1. The van der Waals surface area contributed by atoms with Crippen molar-refractivity contribution in [3.63, 3.8) is 0 Å². The van der Waals surface area contributed by atoms with Crippen molar-refractivity contribution in [3.8, 4) is 11.4 Å². The number of rotatable bonds is 2. The van der Waals surface area contributed by atoms with Gasteiger partial charge in [-0.2, -0.15) is 10.2 Å². The molecular formula is C12H12N6. The molecule has 90 valence electrons. The molecule has 6 nitrogen and oxygen atoms in total. The lowest BCUT2D eigenvalue weighted by Crippen LogP contribution is -1.98. The summed E-state index contributed by atoms with van der Waals surface area (Å²) in [6, 6.07) is 3.82. The number of pyridine rings is 1. The molecule has 3 aromatic rings. The van der Waals surface area contributed by atoms with E-state index in [1.807, 2.05) is 32.2 Å². The van der Waals surface area contributed by atoms with Crippen LogP contribution in [0.15, 0.2) is 36.9 Å². The van der Waals surface area contributed by atoms with E-state index in [1.165, 1.54) is 0 Å². The summed E-state index contributed by atoms with van der Waals surface area (Å²) in [4.78, 5) is 8.34. The van der Waals surface area contributed by atoms with E-state index < -0.39 is 0 Å². The highest BCUT2D eigenvalue weighted by Crippen LogP contribution is 2.11. The zero-order valence-electron chi connectivity index (χ0n) is 10.1. The van der Waals surface area contributed by atoms with E-state index in [1.54, 1.807) is 28.0 Å². The molecule has 0 aromatic carbocycles. The van der Waals surface area contributed by atoms with Crippen molar-refractivity contribution in [2.45, 2.75) is 13.8 Å². The standard InChI is InChI=1S/C12H12N6/c1-9-15-10(2)18(16-9)12-7-14-17(8-12)11-4-3-5-13-6-11/h3-8H,1-2H3. The zero-order valence-corrected chi connectivity index (χ0v) is 10.1. The molecule has 0 amide bonds. The molecule has 3 aromatic heterocycles. The maximum Gasteiger partial charge on any atom is 0.148 e. The van der Waals surface area contributed by atoms with Crippen LogP contribution in [0.3, 0.4) is 0 Å². The molecule has 0 saturated carbocycles. The first kappa shape index (κ1) is 10.6. The normalized spacial score (nSPS) is 10.8. The monoisotopic (exact) mass is 240 g/mol. The maximum absolute atomic E-state index is 4.32. The smallest absolute Gasteiger partial charge is 0.148 e. The van der Waals surface area contributed by atoms with E-state index in [9.17, 15) is 0 Å². The third-order valence-corrected chi connectivity index (χ3v) is 2.60. The van der Waals surface area contributed by atoms with Gasteiger partial charge in [0.25, 0.3) is 0 Å². The van der Waals surface area contributed by atoms with Gasteiger partial charge in [0.1, 0.15) is 17.3 Å². The molecule has 0 bridgehead atoms. The summed E-state index contributed by atoms with van der Waals surface area (Å²) < 4.78 is 3.54. The number of hydrogen-bond acceptors (Lipinski definition) is 4. The number of aromatic nitrogens is 6. The van der Waals surface area contributed by atoms with Crippen molar-refractivity contribution >= 4 is 0 Å². The third-order valence-electron chi connectivity index (χ3n) is 2.60. The van der Waals surface area contributed by atoms with Gasteiger partial charge in [-0.05, 0) is 26.0 Å². The number of hydrogen-bond donors (Lipinski definition) is 0. The fraction of sp³-hybridized carbons (Fsp3) is 0.167. The van der Waals surface area contributed by atoms with Gasteiger partial charge in [0, 0.05) is 6.20 Å². The van der Waals surface area contributed by atoms with Gasteiger partial charge in [-0.25, -0.2) is 14.3 Å². The van der Waals surface area contributed by atoms with Crippen molar-refractivity contribution in [2.24, 2.45) is 0 Å². The van der Waals surface area contributed by atoms with Gasteiger partial charge >= 0.3 is 0 Å². The van der Waals surface area contributed by atoms with Crippen molar-refractivity contribution < 1.29 is 0 Å². The van der Waals surface area contributed by atoms with E-state index in [2.05, 4.69) is 20.2 Å². The van der Waals surface area contributed by atoms with Crippen LogP contribution in [-0.2, 0) is 0 Å². The topological polar surface area (TPSA) is 61.4 Å². The molecule has 0 aliphatic heterocycles. The predicted molar refractivity (Wildman–Crippen MR) is 65.8 cm³/mol. The Hall–Kier alpha value is -2.50. The number of aryl methyl sites for hydroxylation is 2. The third kappa shape index (κ3) is 1.77. The molecular weight excluding hydrogens is 228 g/mol. The molecule has 0 N–H and O–H groups in total. The van der Waals surface area contributed by atoms with Crippen molar-refractivity contribution in [2.75, 3.05) is 0 Å². The second-order valence-electron chi connectivity index (χ2n) is 3.97. The average molecular weight is 240 g/mol. The molecule has 0 spiro atoms. The Balaban J connectivity index is 2.02. The summed E-state index contributed by atoms with van der Waals surface area (Å²) >= 11 is 0. The van der Waals surface area contributed by atoms with Crippen LogP contribution < -0.4 is 0 Å². The van der Waals surface area contributed by atoms with Gasteiger partial charge in [-0.15, -0.1) is 0 Å². The van der Waals surface area contributed by atoms with E-state index in [-0.39, 0.29) is 0 Å². The Labute approximate surface area is 104 Å². The summed E-state index contributed by atoms with van der Waals surface area (Å²) in [6.45, 7) is 3.79. The van der Waals surface area contributed by atoms with Crippen LogP contribution in [0.5, 0.6) is 0 Å². The molecule has 3 rings (SSSR count). The Bertz CT molecular complexity index is 667. The summed E-state index contributed by atoms with van der Waals surface area (Å²) in [6.07, 6.45) is 7.15. The van der Waals surface area contributed by atoms with Gasteiger partial charge in [-0.1, -0.05) is 0 Å². The summed E-state index contributed by atoms with van der Waals surface area (Å²) in [5, 5.41) is 8.63. The van der Waals surface area contributed by atoms with Crippen molar-refractivity contribution in [1.29, 1.82) is 0 Å².